The largest absolute Gasteiger partial charge is 0.493 e. The maximum absolute atomic E-state index is 10.8. The normalized spacial score (nSPS) is 10.3. The second kappa shape index (κ2) is 5.87. The summed E-state index contributed by atoms with van der Waals surface area (Å²) >= 11 is 3.09. The number of hydrogen-bond acceptors (Lipinski definition) is 6. The quantitative estimate of drug-likeness (QED) is 0.609. The number of hydrogen-bond donors (Lipinski definition) is 0. The third kappa shape index (κ3) is 2.72. The summed E-state index contributed by atoms with van der Waals surface area (Å²) < 4.78 is 12.1. The van der Waals surface area contributed by atoms with E-state index in [9.17, 15) is 10.1 Å². The number of ether oxygens (including phenoxy) is 2. The molecule has 0 radical (unpaired) electrons. The highest BCUT2D eigenvalue weighted by atomic mass is 79.9. The molecule has 2 rings (SSSR count). The molecule has 0 saturated carbocycles. The molecule has 20 heavy (non-hydrogen) atoms. The van der Waals surface area contributed by atoms with Crippen molar-refractivity contribution in [3.8, 4) is 11.5 Å². The van der Waals surface area contributed by atoms with Gasteiger partial charge in [0, 0.05) is 12.3 Å². The van der Waals surface area contributed by atoms with Crippen LogP contribution in [0.3, 0.4) is 0 Å². The molecule has 0 aromatic carbocycles. The summed E-state index contributed by atoms with van der Waals surface area (Å²) in [6, 6.07) is 1.67. The molecule has 8 nitrogen and oxygen atoms in total. The second-order valence-corrected chi connectivity index (χ2v) is 4.60. The van der Waals surface area contributed by atoms with Crippen LogP contribution in [0.1, 0.15) is 5.69 Å². The smallest absolute Gasteiger partial charge is 0.404 e. The summed E-state index contributed by atoms with van der Waals surface area (Å²) in [5, 5.41) is 14.6. The van der Waals surface area contributed by atoms with Crippen LogP contribution in [0.2, 0.25) is 0 Å². The number of nitrogens with zero attached hydrogens (tertiary/aromatic N) is 4. The van der Waals surface area contributed by atoms with Crippen molar-refractivity contribution < 1.29 is 14.4 Å². The molecular weight excluding hydrogens is 332 g/mol. The lowest BCUT2D eigenvalue weighted by Gasteiger charge is -2.10. The number of pyridine rings is 1. The fraction of sp³-hybridized carbons (Fsp3) is 0.273. The highest BCUT2D eigenvalue weighted by molar-refractivity contribution is 9.10. The lowest BCUT2D eigenvalue weighted by molar-refractivity contribution is -0.390. The van der Waals surface area contributed by atoms with Gasteiger partial charge >= 0.3 is 5.82 Å². The Morgan fingerprint density at radius 2 is 2.20 bits per heavy atom. The number of aromatic nitrogens is 3. The topological polar surface area (TPSA) is 92.3 Å². The molecule has 9 heteroatoms. The van der Waals surface area contributed by atoms with Crippen molar-refractivity contribution in [2.24, 2.45) is 0 Å². The molecule has 2 aromatic rings. The summed E-state index contributed by atoms with van der Waals surface area (Å²) in [4.78, 5) is 14.4. The average Bonchev–Trinajstić information content (AvgIpc) is 2.79. The predicted molar refractivity (Wildman–Crippen MR) is 73.0 cm³/mol. The van der Waals surface area contributed by atoms with Crippen molar-refractivity contribution >= 4 is 21.7 Å². The van der Waals surface area contributed by atoms with Gasteiger partial charge in [0.05, 0.1) is 25.5 Å². The minimum absolute atomic E-state index is 0.229. The second-order valence-electron chi connectivity index (χ2n) is 3.75. The minimum Gasteiger partial charge on any atom is -0.493 e. The summed E-state index contributed by atoms with van der Waals surface area (Å²) in [5.74, 6) is 0.773. The van der Waals surface area contributed by atoms with E-state index in [-0.39, 0.29) is 12.4 Å². The Labute approximate surface area is 122 Å². The molecule has 0 N–H and O–H groups in total. The maximum atomic E-state index is 10.8. The van der Waals surface area contributed by atoms with Crippen LogP contribution in [0.25, 0.3) is 0 Å². The molecule has 0 aliphatic heterocycles. The number of rotatable bonds is 5. The van der Waals surface area contributed by atoms with Crippen molar-refractivity contribution in [2.45, 2.75) is 6.54 Å². The number of halogens is 1. The molecule has 0 spiro atoms. The first-order valence-corrected chi connectivity index (χ1v) is 6.29. The van der Waals surface area contributed by atoms with E-state index in [4.69, 9.17) is 9.47 Å². The molecule has 0 fully saturated rings. The van der Waals surface area contributed by atoms with Crippen LogP contribution < -0.4 is 9.47 Å². The van der Waals surface area contributed by atoms with Crippen molar-refractivity contribution in [1.82, 2.24) is 14.8 Å². The molecule has 0 saturated heterocycles. The first kappa shape index (κ1) is 14.3. The van der Waals surface area contributed by atoms with Crippen LogP contribution in [0.4, 0.5) is 5.82 Å². The van der Waals surface area contributed by atoms with E-state index in [1.165, 1.54) is 25.1 Å². The van der Waals surface area contributed by atoms with Crippen LogP contribution in [-0.2, 0) is 6.54 Å². The SMILES string of the molecule is COc1ccnc(Cn2cc(Br)c([N+](=O)[O-])n2)c1OC. The van der Waals surface area contributed by atoms with Gasteiger partial charge < -0.3 is 19.6 Å². The number of methoxy groups -OCH3 is 2. The Balaban J connectivity index is 2.35. The van der Waals surface area contributed by atoms with E-state index in [1.807, 2.05) is 0 Å². The third-order valence-electron chi connectivity index (χ3n) is 2.55. The average molecular weight is 343 g/mol. The van der Waals surface area contributed by atoms with Crippen molar-refractivity contribution in [1.29, 1.82) is 0 Å². The maximum Gasteiger partial charge on any atom is 0.404 e. The number of nitro groups is 1. The van der Waals surface area contributed by atoms with E-state index in [1.54, 1.807) is 12.3 Å². The molecule has 0 bridgehead atoms. The van der Waals surface area contributed by atoms with Gasteiger partial charge in [-0.3, -0.25) is 4.98 Å². The Bertz CT molecular complexity index is 643. The zero-order valence-electron chi connectivity index (χ0n) is 10.7. The van der Waals surface area contributed by atoms with Gasteiger partial charge in [0.15, 0.2) is 11.5 Å². The molecule has 0 atom stereocenters. The molecule has 0 amide bonds. The molecule has 0 aliphatic rings. The van der Waals surface area contributed by atoms with Gasteiger partial charge in [-0.1, -0.05) is 0 Å². The van der Waals surface area contributed by atoms with Crippen LogP contribution in [-0.4, -0.2) is 33.9 Å². The van der Waals surface area contributed by atoms with Gasteiger partial charge in [-0.2, -0.15) is 4.68 Å². The fourth-order valence-corrected chi connectivity index (χ4v) is 2.17. The van der Waals surface area contributed by atoms with Gasteiger partial charge in [-0.05, 0) is 20.9 Å². The van der Waals surface area contributed by atoms with Crippen LogP contribution in [0.5, 0.6) is 11.5 Å². The van der Waals surface area contributed by atoms with Crippen molar-refractivity contribution in [3.05, 3.63) is 38.7 Å². The Kier molecular flexibility index (Phi) is 4.18. The van der Waals surface area contributed by atoms with Gasteiger partial charge in [-0.25, -0.2) is 0 Å². The summed E-state index contributed by atoms with van der Waals surface area (Å²) in [6.45, 7) is 0.229. The van der Waals surface area contributed by atoms with E-state index in [0.717, 1.165) is 0 Å². The molecule has 2 aromatic heterocycles. The van der Waals surface area contributed by atoms with Crippen molar-refractivity contribution in [3.63, 3.8) is 0 Å². The highest BCUT2D eigenvalue weighted by Crippen LogP contribution is 2.30. The molecule has 2 heterocycles. The predicted octanol–water partition coefficient (Wildman–Crippen LogP) is 2.01. The monoisotopic (exact) mass is 342 g/mol. The molecular formula is C11H11BrN4O4. The van der Waals surface area contributed by atoms with Gasteiger partial charge in [0.1, 0.15) is 16.7 Å². The Morgan fingerprint density at radius 1 is 1.45 bits per heavy atom. The standard InChI is InChI=1S/C11H11BrN4O4/c1-19-9-3-4-13-8(10(9)20-2)6-15-5-7(12)11(14-15)16(17)18/h3-5H,6H2,1-2H3. The zero-order valence-corrected chi connectivity index (χ0v) is 12.3. The van der Waals surface area contributed by atoms with Crippen LogP contribution >= 0.6 is 15.9 Å². The van der Waals surface area contributed by atoms with Gasteiger partial charge in [0.2, 0.25) is 0 Å². The summed E-state index contributed by atoms with van der Waals surface area (Å²) in [7, 11) is 3.03. The van der Waals surface area contributed by atoms with Crippen LogP contribution in [0.15, 0.2) is 22.9 Å². The summed E-state index contributed by atoms with van der Waals surface area (Å²) in [5.41, 5.74) is 0.566. The lowest BCUT2D eigenvalue weighted by atomic mass is 10.3. The van der Waals surface area contributed by atoms with E-state index in [0.29, 0.717) is 21.7 Å². The van der Waals surface area contributed by atoms with E-state index < -0.39 is 4.92 Å². The van der Waals surface area contributed by atoms with Crippen molar-refractivity contribution in [2.75, 3.05) is 14.2 Å². The van der Waals surface area contributed by atoms with Gasteiger partial charge in [0.25, 0.3) is 0 Å². The van der Waals surface area contributed by atoms with E-state index >= 15 is 0 Å². The zero-order chi connectivity index (χ0) is 14.7. The molecule has 106 valence electrons. The Hall–Kier alpha value is -2.16. The van der Waals surface area contributed by atoms with Gasteiger partial charge in [-0.15, -0.1) is 0 Å². The first-order chi connectivity index (χ1) is 9.56. The van der Waals surface area contributed by atoms with Crippen LogP contribution in [0, 0.1) is 10.1 Å². The summed E-state index contributed by atoms with van der Waals surface area (Å²) in [6.07, 6.45) is 3.09. The molecule has 0 aliphatic carbocycles. The van der Waals surface area contributed by atoms with E-state index in [2.05, 4.69) is 26.0 Å². The Morgan fingerprint density at radius 3 is 2.75 bits per heavy atom. The minimum atomic E-state index is -0.559. The third-order valence-corrected chi connectivity index (χ3v) is 3.11. The first-order valence-electron chi connectivity index (χ1n) is 5.50. The highest BCUT2D eigenvalue weighted by Gasteiger charge is 2.20. The fourth-order valence-electron chi connectivity index (χ4n) is 1.71. The molecule has 0 unspecified atom stereocenters. The lowest BCUT2D eigenvalue weighted by Crippen LogP contribution is -2.06.